The van der Waals surface area contributed by atoms with Crippen LogP contribution in [0.3, 0.4) is 0 Å². The van der Waals surface area contributed by atoms with E-state index < -0.39 is 6.26 Å². The van der Waals surface area contributed by atoms with Crippen LogP contribution in [0.15, 0.2) is 0 Å². The summed E-state index contributed by atoms with van der Waals surface area (Å²) in [5.74, 6) is -0.318. The molecular formula is C6H12O4. The van der Waals surface area contributed by atoms with Crippen molar-refractivity contribution in [3.8, 4) is 0 Å². The lowest BCUT2D eigenvalue weighted by Gasteiger charge is -1.95. The van der Waals surface area contributed by atoms with E-state index in [0.717, 1.165) is 0 Å². The molecule has 0 aliphatic heterocycles. The van der Waals surface area contributed by atoms with E-state index in [1.54, 1.807) is 0 Å². The molecule has 0 aromatic heterocycles. The summed E-state index contributed by atoms with van der Waals surface area (Å²) in [5.41, 5.74) is 0. The maximum absolute atomic E-state index is 9.90. The van der Waals surface area contributed by atoms with Crippen LogP contribution in [0.2, 0.25) is 0 Å². The monoisotopic (exact) mass is 150 g/mol. The first kappa shape index (κ1) is 9.10. The average molecular weight is 150 g/mol. The predicted molar refractivity (Wildman–Crippen MR) is 35.4 cm³/mol. The van der Waals surface area contributed by atoms with Gasteiger partial charge >= 0.3 is 5.97 Å². The van der Waals surface area contributed by atoms with Crippen molar-refractivity contribution in [1.29, 1.82) is 0 Å². The largest absolute Gasteiger partial charge is 0.439 e. The van der Waals surface area contributed by atoms with E-state index in [4.69, 9.17) is 6.17 Å². The van der Waals surface area contributed by atoms with Gasteiger partial charge in [0.05, 0.1) is 0 Å². The SMILES string of the molecule is COCOC(C)=O.[3H]C(C)=O. The Morgan fingerprint density at radius 3 is 2.30 bits per heavy atom. The lowest BCUT2D eigenvalue weighted by atomic mass is 10.8. The Labute approximate surface area is 61.5 Å². The minimum absolute atomic E-state index is 0.0509. The molecule has 0 aromatic rings. The Balaban J connectivity index is 0. The molecule has 0 aliphatic rings. The molecule has 0 heterocycles. The van der Waals surface area contributed by atoms with Crippen molar-refractivity contribution in [3.05, 3.63) is 0 Å². The van der Waals surface area contributed by atoms with Crippen LogP contribution in [0.4, 0.5) is 0 Å². The van der Waals surface area contributed by atoms with Crippen LogP contribution in [0.25, 0.3) is 0 Å². The van der Waals surface area contributed by atoms with Crippen LogP contribution < -0.4 is 0 Å². The summed E-state index contributed by atoms with van der Waals surface area (Å²) < 4.78 is 14.7. The van der Waals surface area contributed by atoms with Gasteiger partial charge in [-0.2, -0.15) is 0 Å². The Bertz CT molecular complexity index is 120. The fourth-order valence-electron chi connectivity index (χ4n) is 0.142. The molecule has 0 unspecified atom stereocenters. The maximum atomic E-state index is 9.90. The summed E-state index contributed by atoms with van der Waals surface area (Å²) in [6.07, 6.45) is -0.583. The van der Waals surface area contributed by atoms with Crippen LogP contribution >= 0.6 is 0 Å². The number of esters is 1. The van der Waals surface area contributed by atoms with Gasteiger partial charge in [0, 0.05) is 14.0 Å². The Morgan fingerprint density at radius 2 is 2.20 bits per heavy atom. The summed E-state index contributed by atoms with van der Waals surface area (Å²) in [6, 6.07) is 0. The molecule has 0 fully saturated rings. The van der Waals surface area contributed by atoms with E-state index in [0.29, 0.717) is 0 Å². The van der Waals surface area contributed by atoms with Gasteiger partial charge < -0.3 is 14.3 Å². The van der Waals surface area contributed by atoms with Gasteiger partial charge in [0.25, 0.3) is 0 Å². The molecule has 60 valence electrons. The Morgan fingerprint density at radius 1 is 1.80 bits per heavy atom. The third kappa shape index (κ3) is 27.5. The van der Waals surface area contributed by atoms with Gasteiger partial charge in [0.1, 0.15) is 7.63 Å². The average Bonchev–Trinajstić information content (AvgIpc) is 1.82. The normalized spacial score (nSPS) is 8.50. The molecule has 0 radical (unpaired) electrons. The zero-order chi connectivity index (χ0) is 9.28. The molecule has 0 aliphatic carbocycles. The molecule has 4 heteroatoms. The smallest absolute Gasteiger partial charge is 0.304 e. The quantitative estimate of drug-likeness (QED) is 0.324. The third-order valence-electron chi connectivity index (χ3n) is 0.380. The molecule has 0 rings (SSSR count). The first-order valence-corrected chi connectivity index (χ1v) is 2.60. The van der Waals surface area contributed by atoms with Gasteiger partial charge in [-0.05, 0) is 6.92 Å². The van der Waals surface area contributed by atoms with Crippen LogP contribution in [-0.4, -0.2) is 26.1 Å². The molecule has 0 amide bonds. The molecule has 0 bridgehead atoms. The zero-order valence-electron chi connectivity index (χ0n) is 7.34. The van der Waals surface area contributed by atoms with Gasteiger partial charge in [-0.25, -0.2) is 0 Å². The molecule has 0 aromatic carbocycles. The van der Waals surface area contributed by atoms with E-state index in [1.165, 1.54) is 21.0 Å². The fourth-order valence-corrected chi connectivity index (χ4v) is 0.142. The second-order valence-electron chi connectivity index (χ2n) is 1.25. The highest BCUT2D eigenvalue weighted by Gasteiger charge is 1.85. The number of methoxy groups -OCH3 is 1. The molecule has 0 saturated heterocycles. The predicted octanol–water partition coefficient (Wildman–Crippen LogP) is 0.359. The van der Waals surface area contributed by atoms with Crippen LogP contribution in [-0.2, 0) is 19.1 Å². The molecule has 0 spiro atoms. The Kier molecular flexibility index (Phi) is 9.99. The summed E-state index contributed by atoms with van der Waals surface area (Å²) in [6.45, 7) is 2.58. The highest BCUT2D eigenvalue weighted by molar-refractivity contribution is 5.65. The molecular weight excluding hydrogens is 136 g/mol. The van der Waals surface area contributed by atoms with Crippen molar-refractivity contribution in [2.75, 3.05) is 13.9 Å². The van der Waals surface area contributed by atoms with Crippen LogP contribution in [0, 0.1) is 0 Å². The number of carbonyl (C=O) groups is 2. The van der Waals surface area contributed by atoms with E-state index in [-0.39, 0.29) is 12.8 Å². The van der Waals surface area contributed by atoms with Crippen LogP contribution in [0.1, 0.15) is 15.2 Å². The number of hydrogen-bond donors (Lipinski definition) is 0. The van der Waals surface area contributed by atoms with Crippen molar-refractivity contribution in [2.45, 2.75) is 13.8 Å². The lowest BCUT2D eigenvalue weighted by molar-refractivity contribution is -0.151. The minimum Gasteiger partial charge on any atom is -0.439 e. The molecule has 0 N–H and O–H groups in total. The first-order chi connectivity index (χ1) is 5.00. The minimum atomic E-state index is -0.583. The zero-order valence-corrected chi connectivity index (χ0v) is 6.34. The Hall–Kier alpha value is -0.900. The van der Waals surface area contributed by atoms with Crippen molar-refractivity contribution in [1.82, 2.24) is 0 Å². The van der Waals surface area contributed by atoms with E-state index in [1.807, 2.05) is 0 Å². The fraction of sp³-hybridized carbons (Fsp3) is 0.667. The van der Waals surface area contributed by atoms with E-state index in [9.17, 15) is 4.79 Å². The molecule has 10 heavy (non-hydrogen) atoms. The van der Waals surface area contributed by atoms with E-state index >= 15 is 0 Å². The van der Waals surface area contributed by atoms with Crippen LogP contribution in [0.5, 0.6) is 0 Å². The van der Waals surface area contributed by atoms with Crippen molar-refractivity contribution < 1.29 is 20.4 Å². The summed E-state index contributed by atoms with van der Waals surface area (Å²) in [5, 5.41) is 0. The lowest BCUT2D eigenvalue weighted by Crippen LogP contribution is -2.00. The number of aldehydes is 1. The first-order valence-electron chi connectivity index (χ1n) is 3.10. The van der Waals surface area contributed by atoms with E-state index in [2.05, 4.69) is 9.47 Å². The molecule has 0 atom stereocenters. The van der Waals surface area contributed by atoms with Crippen molar-refractivity contribution in [3.63, 3.8) is 0 Å². The number of ether oxygens (including phenoxy) is 2. The van der Waals surface area contributed by atoms with Crippen molar-refractivity contribution in [2.24, 2.45) is 0 Å². The maximum Gasteiger partial charge on any atom is 0.304 e. The second kappa shape index (κ2) is 11.0. The third-order valence-corrected chi connectivity index (χ3v) is 0.380. The van der Waals surface area contributed by atoms with Gasteiger partial charge in [0.2, 0.25) is 0 Å². The highest BCUT2D eigenvalue weighted by Crippen LogP contribution is 1.72. The standard InChI is InChI=1S/C4H8O3.C2H4O/c1-4(5)7-3-6-2;1-2-3/h3H2,1-2H3;2H,1H3/i;2T. The van der Waals surface area contributed by atoms with Gasteiger partial charge in [-0.3, -0.25) is 4.79 Å². The topological polar surface area (TPSA) is 52.6 Å². The highest BCUT2D eigenvalue weighted by atomic mass is 16.7. The van der Waals surface area contributed by atoms with Gasteiger partial charge in [-0.1, -0.05) is 0 Å². The summed E-state index contributed by atoms with van der Waals surface area (Å²) in [4.78, 5) is 19.0. The summed E-state index contributed by atoms with van der Waals surface area (Å²) >= 11 is 0. The second-order valence-corrected chi connectivity index (χ2v) is 1.25. The van der Waals surface area contributed by atoms with Gasteiger partial charge in [-0.15, -0.1) is 0 Å². The molecule has 4 nitrogen and oxygen atoms in total. The number of hydrogen-bond acceptors (Lipinski definition) is 4. The summed E-state index contributed by atoms with van der Waals surface area (Å²) in [7, 11) is 1.46. The molecule has 0 saturated carbocycles. The number of carbonyl (C=O) groups excluding carboxylic acids is 2. The van der Waals surface area contributed by atoms with Crippen molar-refractivity contribution >= 4 is 12.2 Å². The number of rotatable bonds is 2. The van der Waals surface area contributed by atoms with Gasteiger partial charge in [0.15, 0.2) is 6.79 Å².